The average molecular weight is 349 g/mol. The zero-order valence-corrected chi connectivity index (χ0v) is 14.1. The van der Waals surface area contributed by atoms with Gasteiger partial charge in [0.25, 0.3) is 0 Å². The number of benzene rings is 2. The third-order valence-corrected chi connectivity index (χ3v) is 3.86. The summed E-state index contributed by atoms with van der Waals surface area (Å²) in [5, 5.41) is 5.55. The second-order valence-corrected chi connectivity index (χ2v) is 5.74. The Labute approximate surface area is 150 Å². The molecule has 0 spiro atoms. The summed E-state index contributed by atoms with van der Waals surface area (Å²) in [5.74, 6) is -0.490. The molecule has 3 aromatic rings. The molecule has 2 aromatic carbocycles. The minimum atomic E-state index is -0.490. The molecule has 0 fully saturated rings. The van der Waals surface area contributed by atoms with Crippen LogP contribution in [0.2, 0.25) is 0 Å². The van der Waals surface area contributed by atoms with Gasteiger partial charge in [0.15, 0.2) is 0 Å². The molecule has 132 valence electrons. The van der Waals surface area contributed by atoms with Gasteiger partial charge in [-0.05, 0) is 35.4 Å². The molecule has 26 heavy (non-hydrogen) atoms. The number of carbonyl (C=O) groups excluding carboxylic acids is 2. The molecular formula is C19H19N5O2. The van der Waals surface area contributed by atoms with Crippen LogP contribution in [0.15, 0.2) is 67.3 Å². The van der Waals surface area contributed by atoms with Crippen molar-refractivity contribution in [2.45, 2.75) is 13.1 Å². The molecule has 3 amide bonds. The molecule has 4 N–H and O–H groups in total. The number of hydrogen-bond donors (Lipinski definition) is 3. The fourth-order valence-corrected chi connectivity index (χ4v) is 2.46. The summed E-state index contributed by atoms with van der Waals surface area (Å²) in [6.45, 7) is 0.726. The fraction of sp³-hybridized carbons (Fsp3) is 0.105. The number of primary amides is 1. The molecule has 0 bridgehead atoms. The smallest absolute Gasteiger partial charge is 0.315 e. The topological polar surface area (TPSA) is 102 Å². The number of amides is 3. The van der Waals surface area contributed by atoms with Crippen LogP contribution in [0.1, 0.15) is 21.5 Å². The van der Waals surface area contributed by atoms with Crippen LogP contribution in [-0.2, 0) is 13.1 Å². The van der Waals surface area contributed by atoms with Gasteiger partial charge in [0, 0.05) is 36.7 Å². The van der Waals surface area contributed by atoms with Gasteiger partial charge in [-0.3, -0.25) is 4.79 Å². The zero-order valence-electron chi connectivity index (χ0n) is 14.1. The van der Waals surface area contributed by atoms with Crippen LogP contribution in [0, 0.1) is 0 Å². The predicted molar refractivity (Wildman–Crippen MR) is 97.6 cm³/mol. The van der Waals surface area contributed by atoms with Crippen LogP contribution in [0.4, 0.5) is 4.79 Å². The van der Waals surface area contributed by atoms with Gasteiger partial charge in [-0.15, -0.1) is 0 Å². The van der Waals surface area contributed by atoms with E-state index in [4.69, 9.17) is 5.73 Å². The molecule has 0 radical (unpaired) electrons. The van der Waals surface area contributed by atoms with Crippen LogP contribution in [0.25, 0.3) is 5.69 Å². The first kappa shape index (κ1) is 17.2. The second-order valence-electron chi connectivity index (χ2n) is 5.74. The molecular weight excluding hydrogens is 330 g/mol. The molecule has 0 saturated carbocycles. The van der Waals surface area contributed by atoms with Crippen molar-refractivity contribution in [3.05, 3.63) is 83.9 Å². The molecule has 0 aliphatic carbocycles. The number of imidazole rings is 1. The highest BCUT2D eigenvalue weighted by molar-refractivity contribution is 5.92. The first-order chi connectivity index (χ1) is 12.6. The van der Waals surface area contributed by atoms with Crippen LogP contribution in [0.3, 0.4) is 0 Å². The number of carbonyl (C=O) groups is 2. The fourth-order valence-electron chi connectivity index (χ4n) is 2.46. The van der Waals surface area contributed by atoms with Crippen molar-refractivity contribution in [3.63, 3.8) is 0 Å². The van der Waals surface area contributed by atoms with E-state index in [0.717, 1.165) is 16.8 Å². The largest absolute Gasteiger partial charge is 0.366 e. The summed E-state index contributed by atoms with van der Waals surface area (Å²) >= 11 is 0. The number of nitrogens with zero attached hydrogens (tertiary/aromatic N) is 2. The quantitative estimate of drug-likeness (QED) is 0.634. The summed E-state index contributed by atoms with van der Waals surface area (Å²) in [7, 11) is 0. The van der Waals surface area contributed by atoms with Crippen molar-refractivity contribution in [3.8, 4) is 5.69 Å². The van der Waals surface area contributed by atoms with E-state index in [9.17, 15) is 9.59 Å². The molecule has 0 atom stereocenters. The normalized spacial score (nSPS) is 10.3. The van der Waals surface area contributed by atoms with Gasteiger partial charge in [-0.25, -0.2) is 9.78 Å². The summed E-state index contributed by atoms with van der Waals surface area (Å²) in [4.78, 5) is 27.1. The van der Waals surface area contributed by atoms with E-state index >= 15 is 0 Å². The molecule has 1 aromatic heterocycles. The Balaban J connectivity index is 1.48. The Bertz CT molecular complexity index is 889. The van der Waals surface area contributed by atoms with Crippen LogP contribution in [0.5, 0.6) is 0 Å². The van der Waals surface area contributed by atoms with E-state index in [1.54, 1.807) is 30.7 Å². The molecule has 0 aliphatic heterocycles. The van der Waals surface area contributed by atoms with Crippen LogP contribution >= 0.6 is 0 Å². The standard InChI is InChI=1S/C19H19N5O2/c20-18(25)16-3-1-2-15(10-16)12-23-19(26)22-11-14-4-6-17(7-5-14)24-9-8-21-13-24/h1-10,13H,11-12H2,(H2,20,25)(H2,22,23,26). The van der Waals surface area contributed by atoms with Gasteiger partial charge in [0.1, 0.15) is 0 Å². The maximum absolute atomic E-state index is 11.9. The number of nitrogens with two attached hydrogens (primary N) is 1. The number of rotatable bonds is 6. The van der Waals surface area contributed by atoms with Gasteiger partial charge in [-0.1, -0.05) is 24.3 Å². The number of aromatic nitrogens is 2. The highest BCUT2D eigenvalue weighted by Crippen LogP contribution is 2.09. The Morgan fingerprint density at radius 3 is 2.38 bits per heavy atom. The van der Waals surface area contributed by atoms with E-state index in [2.05, 4.69) is 15.6 Å². The molecule has 0 unspecified atom stereocenters. The maximum atomic E-state index is 11.9. The molecule has 0 saturated heterocycles. The number of hydrogen-bond acceptors (Lipinski definition) is 3. The summed E-state index contributed by atoms with van der Waals surface area (Å²) in [6.07, 6.45) is 5.32. The van der Waals surface area contributed by atoms with Crippen molar-refractivity contribution >= 4 is 11.9 Å². The monoisotopic (exact) mass is 349 g/mol. The first-order valence-corrected chi connectivity index (χ1v) is 8.09. The van der Waals surface area contributed by atoms with Crippen LogP contribution < -0.4 is 16.4 Å². The lowest BCUT2D eigenvalue weighted by atomic mass is 10.1. The third kappa shape index (κ3) is 4.47. The number of urea groups is 1. The molecule has 7 nitrogen and oxygen atoms in total. The van der Waals surface area contributed by atoms with Gasteiger partial charge in [0.05, 0.1) is 6.33 Å². The second kappa shape index (κ2) is 7.98. The molecule has 7 heteroatoms. The Hall–Kier alpha value is -3.61. The van der Waals surface area contributed by atoms with E-state index in [-0.39, 0.29) is 6.03 Å². The van der Waals surface area contributed by atoms with Gasteiger partial charge >= 0.3 is 6.03 Å². The lowest BCUT2D eigenvalue weighted by molar-refractivity contribution is 0.1000. The van der Waals surface area contributed by atoms with Crippen LogP contribution in [-0.4, -0.2) is 21.5 Å². The van der Waals surface area contributed by atoms with E-state index in [1.807, 2.05) is 41.1 Å². The summed E-state index contributed by atoms with van der Waals surface area (Å²) in [5.41, 5.74) is 8.46. The predicted octanol–water partition coefficient (Wildman–Crippen LogP) is 1.97. The first-order valence-electron chi connectivity index (χ1n) is 8.09. The maximum Gasteiger partial charge on any atom is 0.315 e. The Morgan fingerprint density at radius 1 is 1.00 bits per heavy atom. The molecule has 0 aliphatic rings. The molecule has 3 rings (SSSR count). The van der Waals surface area contributed by atoms with Gasteiger partial charge in [-0.2, -0.15) is 0 Å². The minimum absolute atomic E-state index is 0.284. The Kier molecular flexibility index (Phi) is 5.28. The van der Waals surface area contributed by atoms with E-state index < -0.39 is 5.91 Å². The van der Waals surface area contributed by atoms with Gasteiger partial charge in [0.2, 0.25) is 5.91 Å². The average Bonchev–Trinajstić information content (AvgIpc) is 3.20. The van der Waals surface area contributed by atoms with Gasteiger partial charge < -0.3 is 20.9 Å². The van der Waals surface area contributed by atoms with Crippen molar-refractivity contribution in [1.29, 1.82) is 0 Å². The number of nitrogens with one attached hydrogen (secondary N) is 2. The Morgan fingerprint density at radius 2 is 1.73 bits per heavy atom. The summed E-state index contributed by atoms with van der Waals surface area (Å²) in [6, 6.07) is 14.4. The van der Waals surface area contributed by atoms with Crippen molar-refractivity contribution < 1.29 is 9.59 Å². The summed E-state index contributed by atoms with van der Waals surface area (Å²) < 4.78 is 1.91. The molecule has 1 heterocycles. The highest BCUT2D eigenvalue weighted by Gasteiger charge is 2.04. The SMILES string of the molecule is NC(=O)c1cccc(CNC(=O)NCc2ccc(-n3ccnc3)cc2)c1. The highest BCUT2D eigenvalue weighted by atomic mass is 16.2. The van der Waals surface area contributed by atoms with Crippen molar-refractivity contribution in [2.75, 3.05) is 0 Å². The lowest BCUT2D eigenvalue weighted by Crippen LogP contribution is -2.34. The van der Waals surface area contributed by atoms with E-state index in [0.29, 0.717) is 18.7 Å². The van der Waals surface area contributed by atoms with E-state index in [1.165, 1.54) is 0 Å². The lowest BCUT2D eigenvalue weighted by Gasteiger charge is -2.09. The third-order valence-electron chi connectivity index (χ3n) is 3.86. The van der Waals surface area contributed by atoms with Crippen molar-refractivity contribution in [1.82, 2.24) is 20.2 Å². The zero-order chi connectivity index (χ0) is 18.4. The van der Waals surface area contributed by atoms with Crippen molar-refractivity contribution in [2.24, 2.45) is 5.73 Å². The minimum Gasteiger partial charge on any atom is -0.366 e.